The molecule has 1 aromatic heterocycles. The van der Waals surface area contributed by atoms with Crippen LogP contribution in [0.25, 0.3) is 11.0 Å². The van der Waals surface area contributed by atoms with E-state index in [9.17, 15) is 0 Å². The molecule has 0 amide bonds. The zero-order chi connectivity index (χ0) is 21.8. The number of fused-ring (bicyclic) bond motifs is 2. The number of nitrogens with two attached hydrogens (primary N) is 1. The monoisotopic (exact) mass is 430 g/mol. The van der Waals surface area contributed by atoms with E-state index in [0.29, 0.717) is 17.9 Å². The Morgan fingerprint density at radius 3 is 2.72 bits per heavy atom. The Kier molecular flexibility index (Phi) is 4.99. The van der Waals surface area contributed by atoms with E-state index in [1.54, 1.807) is 0 Å². The molecule has 1 saturated carbocycles. The van der Waals surface area contributed by atoms with Crippen LogP contribution in [0.4, 0.5) is 5.69 Å². The van der Waals surface area contributed by atoms with Gasteiger partial charge in [-0.3, -0.25) is 0 Å². The van der Waals surface area contributed by atoms with Crippen LogP contribution in [-0.2, 0) is 17.6 Å². The van der Waals surface area contributed by atoms with E-state index < -0.39 is 0 Å². The Labute approximate surface area is 190 Å². The molecule has 1 saturated heterocycles. The lowest BCUT2D eigenvalue weighted by Gasteiger charge is -2.40. The molecule has 168 valence electrons. The van der Waals surface area contributed by atoms with E-state index in [-0.39, 0.29) is 6.10 Å². The van der Waals surface area contributed by atoms with Gasteiger partial charge in [-0.05, 0) is 85.9 Å². The maximum absolute atomic E-state index is 6.12. The highest BCUT2D eigenvalue weighted by atomic mass is 16.5. The van der Waals surface area contributed by atoms with Gasteiger partial charge in [-0.1, -0.05) is 12.1 Å². The fourth-order valence-electron chi connectivity index (χ4n) is 6.09. The van der Waals surface area contributed by atoms with Gasteiger partial charge in [0.15, 0.2) is 0 Å². The quantitative estimate of drug-likeness (QED) is 0.607. The van der Waals surface area contributed by atoms with Crippen LogP contribution in [0.3, 0.4) is 0 Å². The smallest absolute Gasteiger partial charge is 0.113 e. The number of piperidine rings is 1. The van der Waals surface area contributed by atoms with Crippen LogP contribution in [0.1, 0.15) is 53.7 Å². The van der Waals surface area contributed by atoms with Gasteiger partial charge in [-0.25, -0.2) is 4.98 Å². The fourth-order valence-corrected chi connectivity index (χ4v) is 6.09. The number of ether oxygens (including phenoxy) is 1. The minimum absolute atomic E-state index is 0.194. The van der Waals surface area contributed by atoms with Gasteiger partial charge < -0.3 is 19.9 Å². The number of anilines is 1. The summed E-state index contributed by atoms with van der Waals surface area (Å²) in [5.74, 6) is 2.59. The number of imidazole rings is 1. The van der Waals surface area contributed by atoms with Gasteiger partial charge in [0.25, 0.3) is 0 Å². The molecule has 1 aliphatic heterocycles. The van der Waals surface area contributed by atoms with Crippen LogP contribution >= 0.6 is 0 Å². The highest BCUT2D eigenvalue weighted by Gasteiger charge is 2.37. The van der Waals surface area contributed by atoms with Crippen LogP contribution < -0.4 is 5.73 Å². The first-order valence-corrected chi connectivity index (χ1v) is 12.2. The first-order chi connectivity index (χ1) is 15.6. The summed E-state index contributed by atoms with van der Waals surface area (Å²) in [7, 11) is 1.88. The number of methoxy groups -OCH3 is 1. The van der Waals surface area contributed by atoms with Gasteiger partial charge >= 0.3 is 0 Å². The maximum Gasteiger partial charge on any atom is 0.113 e. The lowest BCUT2D eigenvalue weighted by atomic mass is 9.98. The average Bonchev–Trinajstić information content (AvgIpc) is 3.45. The molecule has 0 spiro atoms. The number of aryl methyl sites for hydroxylation is 1. The number of hydrogen-bond donors (Lipinski definition) is 1. The van der Waals surface area contributed by atoms with Crippen molar-refractivity contribution in [1.29, 1.82) is 0 Å². The van der Waals surface area contributed by atoms with Crippen LogP contribution in [0.5, 0.6) is 0 Å². The third-order valence-corrected chi connectivity index (χ3v) is 7.82. The zero-order valence-corrected chi connectivity index (χ0v) is 19.3. The summed E-state index contributed by atoms with van der Waals surface area (Å²) in [6.07, 6.45) is 6.17. The minimum atomic E-state index is 0.194. The molecule has 2 N–H and O–H groups in total. The summed E-state index contributed by atoms with van der Waals surface area (Å²) in [5, 5.41) is 0. The van der Waals surface area contributed by atoms with E-state index in [4.69, 9.17) is 15.5 Å². The van der Waals surface area contributed by atoms with Gasteiger partial charge in [0.1, 0.15) is 5.82 Å². The second-order valence-corrected chi connectivity index (χ2v) is 10.3. The molecular formula is C27H34N4O. The molecule has 0 unspecified atom stereocenters. The van der Waals surface area contributed by atoms with Crippen molar-refractivity contribution in [2.45, 2.75) is 57.1 Å². The maximum atomic E-state index is 6.12. The summed E-state index contributed by atoms with van der Waals surface area (Å²) in [4.78, 5) is 7.72. The Morgan fingerprint density at radius 2 is 1.91 bits per heavy atom. The molecule has 5 nitrogen and oxygen atoms in total. The zero-order valence-electron chi connectivity index (χ0n) is 19.3. The molecule has 2 aromatic carbocycles. The van der Waals surface area contributed by atoms with E-state index in [1.165, 1.54) is 47.3 Å². The first-order valence-electron chi connectivity index (χ1n) is 12.2. The number of aromatic nitrogens is 2. The topological polar surface area (TPSA) is 56.3 Å². The summed E-state index contributed by atoms with van der Waals surface area (Å²) in [6.45, 7) is 5.41. The van der Waals surface area contributed by atoms with Crippen molar-refractivity contribution in [2.75, 3.05) is 32.5 Å². The van der Waals surface area contributed by atoms with E-state index in [2.05, 4.69) is 46.7 Å². The SMILES string of the molecule is CO[C@H]1CN(C[C@@H]2Cc3ccc(N)cc3C2)CC[C@@H]1n1c(C2CC2)nc2cc(C)ccc21. The van der Waals surface area contributed by atoms with Gasteiger partial charge in [0, 0.05) is 38.3 Å². The summed E-state index contributed by atoms with van der Waals surface area (Å²) in [5.41, 5.74) is 13.5. The molecule has 2 fully saturated rings. The third-order valence-electron chi connectivity index (χ3n) is 7.82. The molecule has 2 heterocycles. The molecule has 32 heavy (non-hydrogen) atoms. The Hall–Kier alpha value is -2.37. The molecule has 2 aliphatic carbocycles. The Bertz CT molecular complexity index is 1150. The van der Waals surface area contributed by atoms with Crippen molar-refractivity contribution in [1.82, 2.24) is 14.5 Å². The number of benzene rings is 2. The number of nitrogens with zero attached hydrogens (tertiary/aromatic N) is 3. The van der Waals surface area contributed by atoms with Crippen molar-refractivity contribution < 1.29 is 4.74 Å². The largest absolute Gasteiger partial charge is 0.399 e. The predicted molar refractivity (Wildman–Crippen MR) is 129 cm³/mol. The fraction of sp³-hybridized carbons (Fsp3) is 0.519. The van der Waals surface area contributed by atoms with Crippen LogP contribution in [-0.4, -0.2) is 47.3 Å². The summed E-state index contributed by atoms with van der Waals surface area (Å²) in [6, 6.07) is 13.5. The van der Waals surface area contributed by atoms with Gasteiger partial charge in [-0.2, -0.15) is 0 Å². The lowest BCUT2D eigenvalue weighted by molar-refractivity contribution is -0.00950. The van der Waals surface area contributed by atoms with Crippen LogP contribution in [0, 0.1) is 12.8 Å². The third kappa shape index (κ3) is 3.61. The van der Waals surface area contributed by atoms with Gasteiger partial charge in [0.05, 0.1) is 23.2 Å². The molecule has 5 heteroatoms. The highest BCUT2D eigenvalue weighted by Crippen LogP contribution is 2.43. The van der Waals surface area contributed by atoms with Crippen molar-refractivity contribution in [2.24, 2.45) is 5.92 Å². The normalized spacial score (nSPS) is 26.0. The summed E-state index contributed by atoms with van der Waals surface area (Å²) >= 11 is 0. The number of rotatable bonds is 5. The molecule has 3 aromatic rings. The Balaban J connectivity index is 1.21. The standard InChI is InChI=1S/C27H34N4O/c1-17-3-8-24-23(11-17)29-27(19-4-5-19)31(24)25-9-10-30(16-26(25)32-2)15-18-12-20-6-7-22(28)14-21(20)13-18/h3,6-8,11,14,18-19,25-26H,4-5,9-10,12-13,15-16,28H2,1-2H3/t18-,25+,26+/m1/s1. The minimum Gasteiger partial charge on any atom is -0.399 e. The molecule has 3 atom stereocenters. The van der Waals surface area contributed by atoms with Crippen molar-refractivity contribution in [3.05, 3.63) is 58.9 Å². The van der Waals surface area contributed by atoms with E-state index in [1.807, 2.05) is 13.2 Å². The average molecular weight is 431 g/mol. The second-order valence-electron chi connectivity index (χ2n) is 10.3. The summed E-state index contributed by atoms with van der Waals surface area (Å²) < 4.78 is 8.67. The second kappa shape index (κ2) is 7.89. The molecule has 0 bridgehead atoms. The Morgan fingerprint density at radius 1 is 1.06 bits per heavy atom. The molecule has 6 rings (SSSR count). The van der Waals surface area contributed by atoms with Gasteiger partial charge in [0.2, 0.25) is 0 Å². The molecule has 0 radical (unpaired) electrons. The molecule has 3 aliphatic rings. The predicted octanol–water partition coefficient (Wildman–Crippen LogP) is 4.48. The van der Waals surface area contributed by atoms with Crippen molar-refractivity contribution in [3.63, 3.8) is 0 Å². The van der Waals surface area contributed by atoms with E-state index >= 15 is 0 Å². The highest BCUT2D eigenvalue weighted by molar-refractivity contribution is 5.77. The van der Waals surface area contributed by atoms with Gasteiger partial charge in [-0.15, -0.1) is 0 Å². The van der Waals surface area contributed by atoms with Crippen LogP contribution in [0.2, 0.25) is 0 Å². The molecular weight excluding hydrogens is 396 g/mol. The number of likely N-dealkylation sites (tertiary alicyclic amines) is 1. The lowest BCUT2D eigenvalue weighted by Crippen LogP contribution is -2.47. The van der Waals surface area contributed by atoms with Crippen molar-refractivity contribution in [3.8, 4) is 0 Å². The number of nitrogen functional groups attached to an aromatic ring is 1. The van der Waals surface area contributed by atoms with Crippen LogP contribution in [0.15, 0.2) is 36.4 Å². The van der Waals surface area contributed by atoms with Crippen molar-refractivity contribution >= 4 is 16.7 Å². The number of hydrogen-bond acceptors (Lipinski definition) is 4. The first kappa shape index (κ1) is 20.3. The van der Waals surface area contributed by atoms with E-state index in [0.717, 1.165) is 43.7 Å².